The zero-order valence-electron chi connectivity index (χ0n) is 10.3. The molecule has 1 aromatic heterocycles. The Hall–Kier alpha value is -0.770. The molecular formula is C14H15BrClNO. The average molecular weight is 329 g/mol. The van der Waals surface area contributed by atoms with E-state index in [-0.39, 0.29) is 6.04 Å². The molecule has 0 radical (unpaired) electrons. The highest BCUT2D eigenvalue weighted by Gasteiger charge is 2.18. The Morgan fingerprint density at radius 1 is 1.33 bits per heavy atom. The van der Waals surface area contributed by atoms with Crippen molar-refractivity contribution in [3.8, 4) is 0 Å². The minimum absolute atomic E-state index is 0.0278. The van der Waals surface area contributed by atoms with Gasteiger partial charge in [-0.05, 0) is 64.8 Å². The Morgan fingerprint density at radius 3 is 2.72 bits per heavy atom. The van der Waals surface area contributed by atoms with Gasteiger partial charge in [0, 0.05) is 5.02 Å². The fraction of sp³-hybridized carbons (Fsp3) is 0.286. The van der Waals surface area contributed by atoms with Crippen molar-refractivity contribution in [2.24, 2.45) is 0 Å². The lowest BCUT2D eigenvalue weighted by atomic mass is 9.99. The van der Waals surface area contributed by atoms with Gasteiger partial charge in [-0.2, -0.15) is 0 Å². The van der Waals surface area contributed by atoms with Crippen LogP contribution in [0.2, 0.25) is 5.02 Å². The summed E-state index contributed by atoms with van der Waals surface area (Å²) in [7, 11) is 0. The van der Waals surface area contributed by atoms with Crippen molar-refractivity contribution in [1.82, 2.24) is 5.32 Å². The van der Waals surface area contributed by atoms with Gasteiger partial charge in [0.15, 0.2) is 4.67 Å². The first kappa shape index (κ1) is 13.7. The summed E-state index contributed by atoms with van der Waals surface area (Å²) < 4.78 is 6.39. The Morgan fingerprint density at radius 2 is 2.11 bits per heavy atom. The fourth-order valence-electron chi connectivity index (χ4n) is 1.97. The number of hydrogen-bond donors (Lipinski definition) is 1. The van der Waals surface area contributed by atoms with Crippen LogP contribution in [0.4, 0.5) is 0 Å². The van der Waals surface area contributed by atoms with Crippen molar-refractivity contribution >= 4 is 27.5 Å². The van der Waals surface area contributed by atoms with Crippen molar-refractivity contribution < 1.29 is 4.42 Å². The molecule has 2 rings (SSSR count). The number of hydrogen-bond acceptors (Lipinski definition) is 2. The van der Waals surface area contributed by atoms with Crippen LogP contribution in [0.25, 0.3) is 0 Å². The lowest BCUT2D eigenvalue weighted by Crippen LogP contribution is -2.22. The van der Waals surface area contributed by atoms with Gasteiger partial charge < -0.3 is 9.73 Å². The second-order valence-corrected chi connectivity index (χ2v) is 5.35. The average Bonchev–Trinajstić information content (AvgIpc) is 2.76. The Bertz CT molecular complexity index is 538. The van der Waals surface area contributed by atoms with Crippen molar-refractivity contribution in [1.29, 1.82) is 0 Å². The molecule has 2 aromatic rings. The standard InChI is InChI=1S/C14H15BrClNO/c1-3-17-14(12-6-7-13(15)18-12)11-8-10(16)5-4-9(11)2/h4-8,14,17H,3H2,1-2H3. The van der Waals surface area contributed by atoms with Crippen molar-refractivity contribution in [2.45, 2.75) is 19.9 Å². The molecule has 1 atom stereocenters. The van der Waals surface area contributed by atoms with Crippen LogP contribution in [-0.2, 0) is 0 Å². The van der Waals surface area contributed by atoms with Crippen molar-refractivity contribution in [2.75, 3.05) is 6.54 Å². The third kappa shape index (κ3) is 2.97. The van der Waals surface area contributed by atoms with Crippen LogP contribution < -0.4 is 5.32 Å². The molecule has 1 unspecified atom stereocenters. The number of nitrogens with one attached hydrogen (secondary N) is 1. The monoisotopic (exact) mass is 327 g/mol. The Kier molecular flexibility index (Phi) is 4.49. The maximum Gasteiger partial charge on any atom is 0.169 e. The van der Waals surface area contributed by atoms with E-state index in [2.05, 4.69) is 35.1 Å². The summed E-state index contributed by atoms with van der Waals surface area (Å²) in [6, 6.07) is 9.82. The van der Waals surface area contributed by atoms with Gasteiger partial charge in [0.25, 0.3) is 0 Å². The summed E-state index contributed by atoms with van der Waals surface area (Å²) in [5.41, 5.74) is 2.34. The molecule has 0 aliphatic carbocycles. The second-order valence-electron chi connectivity index (χ2n) is 4.13. The van der Waals surface area contributed by atoms with Crippen LogP contribution in [0.15, 0.2) is 39.4 Å². The molecule has 0 saturated carbocycles. The first-order chi connectivity index (χ1) is 8.61. The van der Waals surface area contributed by atoms with Crippen molar-refractivity contribution in [3.63, 3.8) is 0 Å². The first-order valence-electron chi connectivity index (χ1n) is 5.86. The molecule has 2 nitrogen and oxygen atoms in total. The minimum Gasteiger partial charge on any atom is -0.452 e. The number of rotatable bonds is 4. The first-order valence-corrected chi connectivity index (χ1v) is 7.03. The van der Waals surface area contributed by atoms with Gasteiger partial charge in [-0.1, -0.05) is 24.6 Å². The maximum atomic E-state index is 6.09. The zero-order valence-corrected chi connectivity index (χ0v) is 12.7. The summed E-state index contributed by atoms with van der Waals surface area (Å²) in [6.45, 7) is 5.01. The summed E-state index contributed by atoms with van der Waals surface area (Å²) in [6.07, 6.45) is 0. The highest BCUT2D eigenvalue weighted by atomic mass is 79.9. The van der Waals surface area contributed by atoms with Crippen LogP contribution in [0, 0.1) is 6.92 Å². The summed E-state index contributed by atoms with van der Waals surface area (Å²) in [4.78, 5) is 0. The van der Waals surface area contributed by atoms with E-state index in [1.165, 1.54) is 5.56 Å². The van der Waals surface area contributed by atoms with Crippen LogP contribution in [0.3, 0.4) is 0 Å². The van der Waals surface area contributed by atoms with Gasteiger partial charge in [-0.3, -0.25) is 0 Å². The third-order valence-corrected chi connectivity index (χ3v) is 3.50. The third-order valence-electron chi connectivity index (χ3n) is 2.84. The van der Waals surface area contributed by atoms with Gasteiger partial charge >= 0.3 is 0 Å². The normalized spacial score (nSPS) is 12.7. The van der Waals surface area contributed by atoms with Crippen LogP contribution in [0.5, 0.6) is 0 Å². The molecule has 0 amide bonds. The number of benzene rings is 1. The van der Waals surface area contributed by atoms with Gasteiger partial charge in [0.05, 0.1) is 6.04 Å². The lowest BCUT2D eigenvalue weighted by molar-refractivity contribution is 0.437. The van der Waals surface area contributed by atoms with E-state index in [9.17, 15) is 0 Å². The summed E-state index contributed by atoms with van der Waals surface area (Å²) >= 11 is 9.42. The molecule has 0 saturated heterocycles. The summed E-state index contributed by atoms with van der Waals surface area (Å²) in [5, 5.41) is 4.16. The van der Waals surface area contributed by atoms with E-state index < -0.39 is 0 Å². The van der Waals surface area contributed by atoms with E-state index in [1.54, 1.807) is 0 Å². The SMILES string of the molecule is CCNC(c1ccc(Br)o1)c1cc(Cl)ccc1C. The van der Waals surface area contributed by atoms with E-state index in [0.717, 1.165) is 27.6 Å². The molecule has 0 bridgehead atoms. The molecule has 0 fully saturated rings. The lowest BCUT2D eigenvalue weighted by Gasteiger charge is -2.18. The molecule has 0 spiro atoms. The van der Waals surface area contributed by atoms with Gasteiger partial charge in [-0.25, -0.2) is 0 Å². The molecule has 0 aliphatic heterocycles. The topological polar surface area (TPSA) is 25.2 Å². The summed E-state index contributed by atoms with van der Waals surface area (Å²) in [5.74, 6) is 0.883. The van der Waals surface area contributed by atoms with Gasteiger partial charge in [0.1, 0.15) is 5.76 Å². The number of aryl methyl sites for hydroxylation is 1. The zero-order chi connectivity index (χ0) is 13.1. The molecule has 1 N–H and O–H groups in total. The van der Waals surface area contributed by atoms with Crippen LogP contribution >= 0.6 is 27.5 Å². The van der Waals surface area contributed by atoms with E-state index in [1.807, 2.05) is 30.3 Å². The Balaban J connectivity index is 2.44. The van der Waals surface area contributed by atoms with E-state index in [4.69, 9.17) is 16.0 Å². The predicted octanol–water partition coefficient (Wildman–Crippen LogP) is 4.70. The fourth-order valence-corrected chi connectivity index (χ4v) is 2.47. The quantitative estimate of drug-likeness (QED) is 0.880. The van der Waals surface area contributed by atoms with E-state index in [0.29, 0.717) is 0 Å². The van der Waals surface area contributed by atoms with E-state index >= 15 is 0 Å². The number of furan rings is 1. The highest BCUT2D eigenvalue weighted by Crippen LogP contribution is 2.29. The van der Waals surface area contributed by atoms with Gasteiger partial charge in [-0.15, -0.1) is 0 Å². The molecule has 0 aliphatic rings. The molecule has 96 valence electrons. The molecule has 1 heterocycles. The van der Waals surface area contributed by atoms with Crippen molar-refractivity contribution in [3.05, 3.63) is 56.9 Å². The molecular weight excluding hydrogens is 314 g/mol. The van der Waals surface area contributed by atoms with Gasteiger partial charge in [0.2, 0.25) is 0 Å². The number of halogens is 2. The Labute approximate surface area is 120 Å². The van der Waals surface area contributed by atoms with Crippen LogP contribution in [0.1, 0.15) is 29.9 Å². The maximum absolute atomic E-state index is 6.09. The largest absolute Gasteiger partial charge is 0.452 e. The predicted molar refractivity (Wildman–Crippen MR) is 78.1 cm³/mol. The van der Waals surface area contributed by atoms with Crippen LogP contribution in [-0.4, -0.2) is 6.54 Å². The molecule has 18 heavy (non-hydrogen) atoms. The molecule has 4 heteroatoms. The second kappa shape index (κ2) is 5.91. The molecule has 1 aromatic carbocycles. The highest BCUT2D eigenvalue weighted by molar-refractivity contribution is 9.10. The minimum atomic E-state index is 0.0278. The smallest absolute Gasteiger partial charge is 0.169 e.